The molecule has 0 saturated carbocycles. The molecule has 13 nitrogen and oxygen atoms in total. The highest BCUT2D eigenvalue weighted by atomic mass is 16.7. The molecule has 0 aromatic heterocycles. The molecule has 0 spiro atoms. The Bertz CT molecular complexity index is 1140. The van der Waals surface area contributed by atoms with Gasteiger partial charge in [0.05, 0.1) is 24.9 Å². The summed E-state index contributed by atoms with van der Waals surface area (Å²) in [6.45, 7) is 5.92. The molecule has 1 aromatic carbocycles. The number of ether oxygens (including phenoxy) is 5. The van der Waals surface area contributed by atoms with E-state index in [1.54, 1.807) is 44.2 Å². The molecule has 0 aliphatic carbocycles. The van der Waals surface area contributed by atoms with Crippen molar-refractivity contribution in [3.8, 4) is 5.75 Å². The topological polar surface area (TPSA) is 205 Å². The van der Waals surface area contributed by atoms with Gasteiger partial charge in [0.2, 0.25) is 0 Å². The van der Waals surface area contributed by atoms with E-state index >= 15 is 0 Å². The number of esters is 1. The van der Waals surface area contributed by atoms with E-state index in [9.17, 15) is 40.5 Å². The maximum absolute atomic E-state index is 12.8. The molecule has 0 amide bonds. The second-order valence-electron chi connectivity index (χ2n) is 11.5. The molecule has 7 N–H and O–H groups in total. The number of benzene rings is 1. The minimum atomic E-state index is -1.73. The second kappa shape index (κ2) is 16.0. The monoisotopic (exact) mass is 624 g/mol. The number of aliphatic hydroxyl groups is 6. The molecule has 0 unspecified atom stereocenters. The zero-order chi connectivity index (χ0) is 32.6. The van der Waals surface area contributed by atoms with E-state index in [1.807, 2.05) is 6.92 Å². The van der Waals surface area contributed by atoms with Crippen LogP contribution in [0, 0.1) is 0 Å². The molecule has 0 radical (unpaired) electrons. The number of rotatable bonds is 12. The third kappa shape index (κ3) is 10.2. The van der Waals surface area contributed by atoms with Gasteiger partial charge in [-0.3, -0.25) is 0 Å². The van der Waals surface area contributed by atoms with Gasteiger partial charge in [-0.15, -0.1) is 0 Å². The van der Waals surface area contributed by atoms with Crippen LogP contribution in [0.1, 0.15) is 39.7 Å². The predicted octanol–water partition coefficient (Wildman–Crippen LogP) is 0.288. The smallest absolute Gasteiger partial charge is 0.331 e. The van der Waals surface area contributed by atoms with Crippen LogP contribution in [0.3, 0.4) is 0 Å². The minimum absolute atomic E-state index is 0.0148. The number of carbonyl (C=O) groups excluding carboxylic acids is 1. The first-order valence-corrected chi connectivity index (χ1v) is 14.3. The highest BCUT2D eigenvalue weighted by Gasteiger charge is 2.52. The van der Waals surface area contributed by atoms with Gasteiger partial charge in [-0.1, -0.05) is 35.9 Å². The van der Waals surface area contributed by atoms with Crippen molar-refractivity contribution in [2.24, 2.45) is 0 Å². The molecule has 44 heavy (non-hydrogen) atoms. The molecule has 2 saturated heterocycles. The number of aromatic hydroxyl groups is 1. The van der Waals surface area contributed by atoms with E-state index in [0.717, 1.165) is 11.6 Å². The van der Waals surface area contributed by atoms with Crippen molar-refractivity contribution in [3.05, 3.63) is 59.7 Å². The van der Waals surface area contributed by atoms with E-state index in [0.29, 0.717) is 12.0 Å². The number of hydrogen-bond acceptors (Lipinski definition) is 13. The fourth-order valence-corrected chi connectivity index (χ4v) is 4.58. The van der Waals surface area contributed by atoms with Crippen LogP contribution in [-0.4, -0.2) is 122 Å². The van der Waals surface area contributed by atoms with Crippen LogP contribution >= 0.6 is 0 Å². The highest BCUT2D eigenvalue weighted by Crippen LogP contribution is 2.31. The number of allylic oxidation sites excluding steroid dienone is 2. The van der Waals surface area contributed by atoms with E-state index in [4.69, 9.17) is 23.7 Å². The summed E-state index contributed by atoms with van der Waals surface area (Å²) < 4.78 is 28.4. The van der Waals surface area contributed by atoms with Crippen LogP contribution in [-0.2, 0) is 28.5 Å². The summed E-state index contributed by atoms with van der Waals surface area (Å²) >= 11 is 0. The predicted molar refractivity (Wildman–Crippen MR) is 156 cm³/mol. The fourth-order valence-electron chi connectivity index (χ4n) is 4.58. The summed E-state index contributed by atoms with van der Waals surface area (Å²) in [5.74, 6) is -0.829. The Kier molecular flexibility index (Phi) is 13.0. The molecule has 0 bridgehead atoms. The Hall–Kier alpha value is -2.69. The van der Waals surface area contributed by atoms with E-state index < -0.39 is 79.6 Å². The quantitative estimate of drug-likeness (QED) is 0.0950. The van der Waals surface area contributed by atoms with Crippen molar-refractivity contribution in [1.82, 2.24) is 0 Å². The first-order chi connectivity index (χ1) is 20.7. The van der Waals surface area contributed by atoms with Gasteiger partial charge in [0, 0.05) is 6.08 Å². The van der Waals surface area contributed by atoms with Gasteiger partial charge in [-0.25, -0.2) is 4.79 Å². The maximum Gasteiger partial charge on any atom is 0.331 e. The zero-order valence-corrected chi connectivity index (χ0v) is 25.2. The first kappa shape index (κ1) is 35.8. The lowest BCUT2D eigenvalue weighted by Gasteiger charge is -2.46. The average Bonchev–Trinajstić information content (AvgIpc) is 2.96. The molecule has 1 aromatic rings. The van der Waals surface area contributed by atoms with Crippen LogP contribution in [0.2, 0.25) is 0 Å². The number of phenolic OH excluding ortho intramolecular Hbond substituents is 1. The van der Waals surface area contributed by atoms with Crippen molar-refractivity contribution in [2.75, 3.05) is 13.2 Å². The van der Waals surface area contributed by atoms with Gasteiger partial charge in [0.25, 0.3) is 0 Å². The van der Waals surface area contributed by atoms with Crippen molar-refractivity contribution in [1.29, 1.82) is 0 Å². The first-order valence-electron chi connectivity index (χ1n) is 14.3. The van der Waals surface area contributed by atoms with Crippen molar-refractivity contribution >= 4 is 12.0 Å². The van der Waals surface area contributed by atoms with Crippen molar-refractivity contribution in [2.45, 2.75) is 101 Å². The fraction of sp³-hybridized carbons (Fsp3) is 0.581. The van der Waals surface area contributed by atoms with Gasteiger partial charge < -0.3 is 59.4 Å². The summed E-state index contributed by atoms with van der Waals surface area (Å²) in [5.41, 5.74) is 0.530. The third-order valence-electron chi connectivity index (χ3n) is 7.11. The lowest BCUT2D eigenvalue weighted by atomic mass is 9.97. The summed E-state index contributed by atoms with van der Waals surface area (Å²) in [4.78, 5) is 12.8. The Morgan fingerprint density at radius 2 is 1.66 bits per heavy atom. The summed E-state index contributed by atoms with van der Waals surface area (Å²) in [7, 11) is 0. The molecule has 13 heteroatoms. The van der Waals surface area contributed by atoms with Crippen molar-refractivity contribution < 1.29 is 64.2 Å². The normalized spacial score (nSPS) is 33.6. The van der Waals surface area contributed by atoms with Crippen LogP contribution in [0.15, 0.2) is 54.1 Å². The highest BCUT2D eigenvalue weighted by molar-refractivity contribution is 5.87. The van der Waals surface area contributed by atoms with E-state index in [-0.39, 0.29) is 12.4 Å². The van der Waals surface area contributed by atoms with Gasteiger partial charge in [0.15, 0.2) is 18.7 Å². The molecule has 2 aliphatic heterocycles. The van der Waals surface area contributed by atoms with Crippen LogP contribution in [0.4, 0.5) is 0 Å². The lowest BCUT2D eigenvalue weighted by molar-refractivity contribution is -0.356. The Balaban J connectivity index is 1.78. The number of aliphatic hydroxyl groups excluding tert-OH is 5. The van der Waals surface area contributed by atoms with Crippen LogP contribution < -0.4 is 0 Å². The molecule has 3 rings (SSSR count). The van der Waals surface area contributed by atoms with Crippen molar-refractivity contribution in [3.63, 3.8) is 0 Å². The van der Waals surface area contributed by atoms with Crippen LogP contribution in [0.5, 0.6) is 5.75 Å². The maximum atomic E-state index is 12.8. The largest absolute Gasteiger partial charge is 0.508 e. The van der Waals surface area contributed by atoms with Crippen LogP contribution in [0.25, 0.3) is 6.08 Å². The second-order valence-corrected chi connectivity index (χ2v) is 11.5. The molecule has 2 heterocycles. The summed E-state index contributed by atoms with van der Waals surface area (Å²) in [5, 5.41) is 71.5. The Labute approximate surface area is 256 Å². The summed E-state index contributed by atoms with van der Waals surface area (Å²) in [6, 6.07) is 6.01. The third-order valence-corrected chi connectivity index (χ3v) is 7.11. The molecular formula is C31H44O13. The number of phenols is 1. The zero-order valence-electron chi connectivity index (χ0n) is 25.2. The lowest BCUT2D eigenvalue weighted by Crippen LogP contribution is -2.65. The number of hydrogen-bond donors (Lipinski definition) is 7. The number of carbonyl (C=O) groups is 1. The SMILES string of the molecule is CC(=CCO[C@@H]1O[C@@H](CO)[C@@H](OC(=O)C=Cc2ccc(O)cc2)[C@H](O[C@H]2O[C@@H](C)[C@H](O)[C@H](O)[C@H]2O)[C@@H]1O)CC=CC(C)(C)O. The van der Waals surface area contributed by atoms with Gasteiger partial charge in [-0.2, -0.15) is 0 Å². The standard InChI is InChI=1S/C31H44O13/c1-17(6-5-14-31(3,4)39)13-15-40-29-26(38)28(44-30-25(37)24(36)23(35)18(2)41-30)27(21(16-32)42-29)43-22(34)12-9-19-7-10-20(33)11-8-19/h5,7-14,18,21,23-30,32-33,35-39H,6,15-16H2,1-4H3/t18-,21-,23-,24-,25+,26-,27+,28+,29+,30+/m0/s1. The molecular weight excluding hydrogens is 580 g/mol. The molecule has 246 valence electrons. The summed E-state index contributed by atoms with van der Waals surface area (Å²) in [6.07, 6.45) is -6.16. The minimum Gasteiger partial charge on any atom is -0.508 e. The van der Waals surface area contributed by atoms with E-state index in [2.05, 4.69) is 0 Å². The van der Waals surface area contributed by atoms with Gasteiger partial charge in [0.1, 0.15) is 42.4 Å². The Morgan fingerprint density at radius 1 is 0.977 bits per heavy atom. The molecule has 2 aliphatic rings. The Morgan fingerprint density at radius 3 is 2.30 bits per heavy atom. The average molecular weight is 625 g/mol. The van der Waals surface area contributed by atoms with Gasteiger partial charge >= 0.3 is 5.97 Å². The molecule has 2 fully saturated rings. The molecule has 10 atom stereocenters. The van der Waals surface area contributed by atoms with Gasteiger partial charge in [-0.05, 0) is 57.9 Å². The van der Waals surface area contributed by atoms with E-state index in [1.165, 1.54) is 25.1 Å².